The van der Waals surface area contributed by atoms with Gasteiger partial charge in [0.15, 0.2) is 0 Å². The maximum absolute atomic E-state index is 13.2. The van der Waals surface area contributed by atoms with Gasteiger partial charge in [-0.2, -0.15) is 0 Å². The molecule has 3 rings (SSSR count). The quantitative estimate of drug-likeness (QED) is 0.887. The van der Waals surface area contributed by atoms with E-state index in [1.807, 2.05) is 30.3 Å². The van der Waals surface area contributed by atoms with Crippen LogP contribution in [0.2, 0.25) is 0 Å². The zero-order chi connectivity index (χ0) is 16.8. The topological polar surface area (TPSA) is 50.4 Å². The number of para-hydroxylation sites is 1. The van der Waals surface area contributed by atoms with E-state index in [9.17, 15) is 9.18 Å². The van der Waals surface area contributed by atoms with Gasteiger partial charge in [0.25, 0.3) is 0 Å². The molecule has 2 N–H and O–H groups in total. The van der Waals surface area contributed by atoms with Gasteiger partial charge in [-0.05, 0) is 42.7 Å². The van der Waals surface area contributed by atoms with Gasteiger partial charge in [-0.1, -0.05) is 30.3 Å². The monoisotopic (exact) mass is 328 g/mol. The minimum Gasteiger partial charge on any atom is -0.381 e. The molecule has 2 aromatic rings. The Balaban J connectivity index is 1.68. The van der Waals surface area contributed by atoms with Crippen molar-refractivity contribution in [3.05, 3.63) is 66.0 Å². The van der Waals surface area contributed by atoms with E-state index < -0.39 is 0 Å². The van der Waals surface area contributed by atoms with E-state index in [1.165, 1.54) is 12.1 Å². The first kappa shape index (κ1) is 16.6. The molecule has 0 unspecified atom stereocenters. The van der Waals surface area contributed by atoms with Gasteiger partial charge in [0.2, 0.25) is 5.91 Å². The number of nitrogens with one attached hydrogen (secondary N) is 2. The molecule has 1 amide bonds. The summed E-state index contributed by atoms with van der Waals surface area (Å²) in [6.07, 6.45) is 1.49. The van der Waals surface area contributed by atoms with Crippen molar-refractivity contribution in [2.45, 2.75) is 18.4 Å². The van der Waals surface area contributed by atoms with Crippen molar-refractivity contribution in [3.8, 4) is 0 Å². The first-order chi connectivity index (χ1) is 11.7. The summed E-state index contributed by atoms with van der Waals surface area (Å²) >= 11 is 0. The Hall–Kier alpha value is -2.24. The van der Waals surface area contributed by atoms with E-state index in [0.717, 1.165) is 24.1 Å². The number of carbonyl (C=O) groups excluding carboxylic acids is 1. The van der Waals surface area contributed by atoms with Gasteiger partial charge in [0, 0.05) is 24.4 Å². The molecule has 0 spiro atoms. The number of rotatable bonds is 5. The maximum Gasteiger partial charge on any atom is 0.238 e. The van der Waals surface area contributed by atoms with Crippen LogP contribution in [0.1, 0.15) is 18.4 Å². The Morgan fingerprint density at radius 2 is 1.71 bits per heavy atom. The Labute approximate surface area is 141 Å². The second-order valence-electron chi connectivity index (χ2n) is 5.97. The molecule has 0 atom stereocenters. The number of anilines is 1. The molecule has 126 valence electrons. The second kappa shape index (κ2) is 7.55. The van der Waals surface area contributed by atoms with Crippen LogP contribution in [0.3, 0.4) is 0 Å². The largest absolute Gasteiger partial charge is 0.381 e. The zero-order valence-electron chi connectivity index (χ0n) is 13.4. The molecular weight excluding hydrogens is 307 g/mol. The summed E-state index contributed by atoms with van der Waals surface area (Å²) < 4.78 is 18.7. The molecule has 0 aromatic heterocycles. The average Bonchev–Trinajstić information content (AvgIpc) is 2.62. The van der Waals surface area contributed by atoms with Crippen molar-refractivity contribution in [3.63, 3.8) is 0 Å². The number of carbonyl (C=O) groups is 1. The molecule has 1 aliphatic rings. The highest BCUT2D eigenvalue weighted by atomic mass is 19.1. The van der Waals surface area contributed by atoms with E-state index in [2.05, 4.69) is 10.6 Å². The van der Waals surface area contributed by atoms with Crippen molar-refractivity contribution in [2.24, 2.45) is 0 Å². The van der Waals surface area contributed by atoms with Gasteiger partial charge in [-0.15, -0.1) is 0 Å². The van der Waals surface area contributed by atoms with Crippen LogP contribution in [0.15, 0.2) is 54.6 Å². The molecule has 24 heavy (non-hydrogen) atoms. The molecule has 5 heteroatoms. The summed E-state index contributed by atoms with van der Waals surface area (Å²) in [6, 6.07) is 15.8. The lowest BCUT2D eigenvalue weighted by molar-refractivity contribution is -0.116. The first-order valence-electron chi connectivity index (χ1n) is 8.12. The smallest absolute Gasteiger partial charge is 0.238 e. The standard InChI is InChI=1S/C19H21FN2O2/c20-16-8-6-15(7-9-16)19(10-12-24-13-11-19)21-14-18(23)22-17-4-2-1-3-5-17/h1-9,21H,10-14H2,(H,22,23). The highest BCUT2D eigenvalue weighted by Crippen LogP contribution is 2.32. The lowest BCUT2D eigenvalue weighted by atomic mass is 9.82. The summed E-state index contributed by atoms with van der Waals surface area (Å²) in [5.41, 5.74) is 1.40. The second-order valence-corrected chi connectivity index (χ2v) is 5.97. The van der Waals surface area contributed by atoms with E-state index in [0.29, 0.717) is 13.2 Å². The molecule has 1 fully saturated rings. The SMILES string of the molecule is O=C(CNC1(c2ccc(F)cc2)CCOCC1)Nc1ccccc1. The number of ether oxygens (including phenoxy) is 1. The summed E-state index contributed by atoms with van der Waals surface area (Å²) in [5, 5.41) is 6.24. The molecule has 0 saturated carbocycles. The molecule has 0 radical (unpaired) electrons. The molecule has 0 bridgehead atoms. The van der Waals surface area contributed by atoms with E-state index >= 15 is 0 Å². The highest BCUT2D eigenvalue weighted by molar-refractivity contribution is 5.92. The third-order valence-corrected chi connectivity index (χ3v) is 4.39. The lowest BCUT2D eigenvalue weighted by Gasteiger charge is -2.38. The summed E-state index contributed by atoms with van der Waals surface area (Å²) in [4.78, 5) is 12.2. The van der Waals surface area contributed by atoms with Crippen LogP contribution < -0.4 is 10.6 Å². The molecule has 1 saturated heterocycles. The van der Waals surface area contributed by atoms with Crippen LogP contribution in [0.4, 0.5) is 10.1 Å². The molecule has 1 aliphatic heterocycles. The van der Waals surface area contributed by atoms with Crippen LogP contribution in [0.5, 0.6) is 0 Å². The third kappa shape index (κ3) is 3.99. The fraction of sp³-hybridized carbons (Fsp3) is 0.316. The normalized spacial score (nSPS) is 16.5. The molecular formula is C19H21FN2O2. The maximum atomic E-state index is 13.2. The zero-order valence-corrected chi connectivity index (χ0v) is 13.4. The highest BCUT2D eigenvalue weighted by Gasteiger charge is 2.34. The summed E-state index contributed by atoms with van der Waals surface area (Å²) in [7, 11) is 0. The Morgan fingerprint density at radius 1 is 1.04 bits per heavy atom. The number of hydrogen-bond donors (Lipinski definition) is 2. The van der Waals surface area contributed by atoms with Crippen LogP contribution in [-0.2, 0) is 15.1 Å². The third-order valence-electron chi connectivity index (χ3n) is 4.39. The summed E-state index contributed by atoms with van der Waals surface area (Å²) in [5.74, 6) is -0.364. The van der Waals surface area contributed by atoms with Crippen molar-refractivity contribution in [1.82, 2.24) is 5.32 Å². The van der Waals surface area contributed by atoms with Crippen LogP contribution >= 0.6 is 0 Å². The number of halogens is 1. The fourth-order valence-corrected chi connectivity index (χ4v) is 3.03. The lowest BCUT2D eigenvalue weighted by Crippen LogP contribution is -2.49. The van der Waals surface area contributed by atoms with Crippen molar-refractivity contribution in [2.75, 3.05) is 25.1 Å². The van der Waals surface area contributed by atoms with Gasteiger partial charge in [0.1, 0.15) is 5.82 Å². The minimum absolute atomic E-state index is 0.103. The van der Waals surface area contributed by atoms with E-state index in [4.69, 9.17) is 4.74 Å². The van der Waals surface area contributed by atoms with Crippen molar-refractivity contribution in [1.29, 1.82) is 0 Å². The predicted octanol–water partition coefficient (Wildman–Crippen LogP) is 3.06. The van der Waals surface area contributed by atoms with Gasteiger partial charge >= 0.3 is 0 Å². The van der Waals surface area contributed by atoms with Gasteiger partial charge in [-0.3, -0.25) is 10.1 Å². The molecule has 2 aromatic carbocycles. The first-order valence-corrected chi connectivity index (χ1v) is 8.12. The molecule has 1 heterocycles. The molecule has 4 nitrogen and oxygen atoms in total. The summed E-state index contributed by atoms with van der Waals surface area (Å²) in [6.45, 7) is 1.42. The Bertz CT molecular complexity index is 668. The molecule has 0 aliphatic carbocycles. The van der Waals surface area contributed by atoms with Gasteiger partial charge < -0.3 is 10.1 Å². The number of amides is 1. The van der Waals surface area contributed by atoms with E-state index in [1.54, 1.807) is 12.1 Å². The van der Waals surface area contributed by atoms with E-state index in [-0.39, 0.29) is 23.8 Å². The average molecular weight is 328 g/mol. The van der Waals surface area contributed by atoms with Gasteiger partial charge in [-0.25, -0.2) is 4.39 Å². The van der Waals surface area contributed by atoms with Gasteiger partial charge in [0.05, 0.1) is 6.54 Å². The number of benzene rings is 2. The fourth-order valence-electron chi connectivity index (χ4n) is 3.03. The minimum atomic E-state index is -0.361. The van der Waals surface area contributed by atoms with Crippen LogP contribution in [-0.4, -0.2) is 25.7 Å². The van der Waals surface area contributed by atoms with Crippen molar-refractivity contribution < 1.29 is 13.9 Å². The van der Waals surface area contributed by atoms with Crippen LogP contribution in [0.25, 0.3) is 0 Å². The predicted molar refractivity (Wildman–Crippen MR) is 91.2 cm³/mol. The van der Waals surface area contributed by atoms with Crippen LogP contribution in [0, 0.1) is 5.82 Å². The Morgan fingerprint density at radius 3 is 2.38 bits per heavy atom. The number of hydrogen-bond acceptors (Lipinski definition) is 3. The Kier molecular flexibility index (Phi) is 5.23. The van der Waals surface area contributed by atoms with Crippen molar-refractivity contribution >= 4 is 11.6 Å².